The van der Waals surface area contributed by atoms with Gasteiger partial charge in [0.05, 0.1) is 10.7 Å². The summed E-state index contributed by atoms with van der Waals surface area (Å²) in [5.74, 6) is 0.317. The molecule has 126 valence electrons. The van der Waals surface area contributed by atoms with E-state index in [1.807, 2.05) is 43.3 Å². The van der Waals surface area contributed by atoms with Crippen LogP contribution in [0.5, 0.6) is 5.75 Å². The SMILES string of the molecule is Cc1ccc(N=Cc2ccc(OCc3ccc(F)cc3)c(Cl)c2)cc1. The lowest BCUT2D eigenvalue weighted by Crippen LogP contribution is -1.96. The first-order valence-corrected chi connectivity index (χ1v) is 8.25. The standard InChI is InChI=1S/C21H17ClFNO/c1-15-2-9-19(10-3-15)24-13-17-6-11-21(20(22)12-17)25-14-16-4-7-18(23)8-5-16/h2-13H,14H2,1H3. The molecule has 0 aliphatic heterocycles. The van der Waals surface area contributed by atoms with Gasteiger partial charge in [-0.15, -0.1) is 0 Å². The molecule has 0 spiro atoms. The first-order chi connectivity index (χ1) is 12.1. The van der Waals surface area contributed by atoms with Gasteiger partial charge in [0.1, 0.15) is 18.2 Å². The Kier molecular flexibility index (Phi) is 5.46. The van der Waals surface area contributed by atoms with Crippen LogP contribution in [-0.2, 0) is 6.61 Å². The first kappa shape index (κ1) is 17.2. The van der Waals surface area contributed by atoms with Crippen molar-refractivity contribution in [2.45, 2.75) is 13.5 Å². The summed E-state index contributed by atoms with van der Waals surface area (Å²) in [6.07, 6.45) is 1.76. The number of nitrogens with zero attached hydrogens (tertiary/aromatic N) is 1. The van der Waals surface area contributed by atoms with E-state index in [9.17, 15) is 4.39 Å². The summed E-state index contributed by atoms with van der Waals surface area (Å²) in [5.41, 5.74) is 3.85. The van der Waals surface area contributed by atoms with Gasteiger partial charge >= 0.3 is 0 Å². The number of halogens is 2. The monoisotopic (exact) mass is 353 g/mol. The number of aryl methyl sites for hydroxylation is 1. The molecule has 4 heteroatoms. The fraction of sp³-hybridized carbons (Fsp3) is 0.0952. The lowest BCUT2D eigenvalue weighted by Gasteiger charge is -2.08. The van der Waals surface area contributed by atoms with Crippen LogP contribution < -0.4 is 4.74 Å². The Labute approximate surface area is 151 Å². The number of ether oxygens (including phenoxy) is 1. The maximum atomic E-state index is 12.9. The van der Waals surface area contributed by atoms with E-state index in [1.54, 1.807) is 24.4 Å². The highest BCUT2D eigenvalue weighted by Crippen LogP contribution is 2.26. The van der Waals surface area contributed by atoms with E-state index in [-0.39, 0.29) is 5.82 Å². The molecule has 0 aliphatic carbocycles. The molecule has 0 aromatic heterocycles. The van der Waals surface area contributed by atoms with Crippen LogP contribution in [0.2, 0.25) is 5.02 Å². The summed E-state index contributed by atoms with van der Waals surface area (Å²) in [4.78, 5) is 4.43. The van der Waals surface area contributed by atoms with Gasteiger partial charge in [-0.25, -0.2) is 4.39 Å². The van der Waals surface area contributed by atoms with Gasteiger partial charge in [0, 0.05) is 6.21 Å². The lowest BCUT2D eigenvalue weighted by molar-refractivity contribution is 0.306. The van der Waals surface area contributed by atoms with Crippen LogP contribution in [0.3, 0.4) is 0 Å². The smallest absolute Gasteiger partial charge is 0.138 e. The number of rotatable bonds is 5. The van der Waals surface area contributed by atoms with Crippen LogP contribution in [0.1, 0.15) is 16.7 Å². The van der Waals surface area contributed by atoms with Gasteiger partial charge < -0.3 is 4.74 Å². The van der Waals surface area contributed by atoms with Crippen molar-refractivity contribution in [1.29, 1.82) is 0 Å². The van der Waals surface area contributed by atoms with Crippen molar-refractivity contribution in [3.05, 3.63) is 94.3 Å². The quantitative estimate of drug-likeness (QED) is 0.506. The van der Waals surface area contributed by atoms with Gasteiger partial charge in [-0.05, 0) is 60.5 Å². The molecule has 0 bridgehead atoms. The van der Waals surface area contributed by atoms with Crippen LogP contribution in [0, 0.1) is 12.7 Å². The Morgan fingerprint density at radius 3 is 2.40 bits per heavy atom. The minimum Gasteiger partial charge on any atom is -0.487 e. The summed E-state index contributed by atoms with van der Waals surface area (Å²) in [6, 6.07) is 19.7. The van der Waals surface area contributed by atoms with E-state index in [0.29, 0.717) is 17.4 Å². The van der Waals surface area contributed by atoms with Gasteiger partial charge in [0.2, 0.25) is 0 Å². The Bertz CT molecular complexity index is 873. The second-order valence-corrected chi connectivity index (χ2v) is 6.11. The predicted octanol–water partition coefficient (Wildman–Crippen LogP) is 6.12. The summed E-state index contributed by atoms with van der Waals surface area (Å²) in [5, 5.41) is 0.509. The third-order valence-electron chi connectivity index (χ3n) is 3.66. The van der Waals surface area contributed by atoms with Gasteiger partial charge in [-0.1, -0.05) is 41.4 Å². The molecule has 0 radical (unpaired) electrons. The van der Waals surface area contributed by atoms with Crippen molar-refractivity contribution >= 4 is 23.5 Å². The predicted molar refractivity (Wildman–Crippen MR) is 101 cm³/mol. The number of aliphatic imine (C=N–C) groups is 1. The average Bonchev–Trinajstić information content (AvgIpc) is 2.62. The highest BCUT2D eigenvalue weighted by atomic mass is 35.5. The van der Waals surface area contributed by atoms with Crippen LogP contribution in [-0.4, -0.2) is 6.21 Å². The Morgan fingerprint density at radius 1 is 1.00 bits per heavy atom. The average molecular weight is 354 g/mol. The second kappa shape index (κ2) is 7.95. The minimum atomic E-state index is -0.265. The molecule has 0 aliphatic rings. The fourth-order valence-corrected chi connectivity index (χ4v) is 2.48. The molecule has 2 nitrogen and oxygen atoms in total. The topological polar surface area (TPSA) is 21.6 Å². The van der Waals surface area contributed by atoms with Crippen molar-refractivity contribution in [3.8, 4) is 5.75 Å². The largest absolute Gasteiger partial charge is 0.487 e. The van der Waals surface area contributed by atoms with Crippen molar-refractivity contribution in [3.63, 3.8) is 0 Å². The van der Waals surface area contributed by atoms with Crippen LogP contribution >= 0.6 is 11.6 Å². The molecule has 25 heavy (non-hydrogen) atoms. The first-order valence-electron chi connectivity index (χ1n) is 7.88. The molecule has 3 aromatic carbocycles. The van der Waals surface area contributed by atoms with Crippen LogP contribution in [0.4, 0.5) is 10.1 Å². The molecule has 0 N–H and O–H groups in total. The summed E-state index contributed by atoms with van der Waals surface area (Å²) >= 11 is 6.28. The van der Waals surface area contributed by atoms with Crippen molar-refractivity contribution < 1.29 is 9.13 Å². The lowest BCUT2D eigenvalue weighted by atomic mass is 10.2. The van der Waals surface area contributed by atoms with Crippen LogP contribution in [0.25, 0.3) is 0 Å². The van der Waals surface area contributed by atoms with E-state index in [2.05, 4.69) is 4.99 Å². The van der Waals surface area contributed by atoms with Crippen LogP contribution in [0.15, 0.2) is 71.7 Å². The third kappa shape index (κ3) is 4.91. The molecular formula is C21H17ClFNO. The number of hydrogen-bond acceptors (Lipinski definition) is 2. The van der Waals surface area contributed by atoms with E-state index in [1.165, 1.54) is 17.7 Å². The van der Waals surface area contributed by atoms with Gasteiger partial charge in [-0.3, -0.25) is 4.99 Å². The molecule has 0 saturated heterocycles. The number of hydrogen-bond donors (Lipinski definition) is 0. The molecule has 0 fully saturated rings. The molecular weight excluding hydrogens is 337 g/mol. The van der Waals surface area contributed by atoms with Crippen molar-refractivity contribution in [2.24, 2.45) is 4.99 Å². The summed E-state index contributed by atoms with van der Waals surface area (Å²) in [6.45, 7) is 2.37. The third-order valence-corrected chi connectivity index (χ3v) is 3.96. The Balaban J connectivity index is 1.65. The van der Waals surface area contributed by atoms with Gasteiger partial charge in [0.25, 0.3) is 0 Å². The maximum Gasteiger partial charge on any atom is 0.138 e. The molecule has 0 atom stereocenters. The van der Waals surface area contributed by atoms with E-state index < -0.39 is 0 Å². The summed E-state index contributed by atoms with van der Waals surface area (Å²) in [7, 11) is 0. The highest BCUT2D eigenvalue weighted by molar-refractivity contribution is 6.32. The summed E-state index contributed by atoms with van der Waals surface area (Å²) < 4.78 is 18.6. The highest BCUT2D eigenvalue weighted by Gasteiger charge is 2.03. The maximum absolute atomic E-state index is 12.9. The molecule has 3 aromatic rings. The second-order valence-electron chi connectivity index (χ2n) is 5.70. The van der Waals surface area contributed by atoms with E-state index in [4.69, 9.17) is 16.3 Å². The molecule has 3 rings (SSSR count). The Hall–Kier alpha value is -2.65. The van der Waals surface area contributed by atoms with E-state index >= 15 is 0 Å². The normalized spacial score (nSPS) is 11.0. The van der Waals surface area contributed by atoms with E-state index in [0.717, 1.165) is 16.8 Å². The molecule has 0 unspecified atom stereocenters. The molecule has 0 heterocycles. The van der Waals surface area contributed by atoms with Gasteiger partial charge in [-0.2, -0.15) is 0 Å². The molecule has 0 saturated carbocycles. The van der Waals surface area contributed by atoms with Crippen molar-refractivity contribution in [2.75, 3.05) is 0 Å². The zero-order valence-corrected chi connectivity index (χ0v) is 14.5. The van der Waals surface area contributed by atoms with Crippen molar-refractivity contribution in [1.82, 2.24) is 0 Å². The number of benzene rings is 3. The zero-order chi connectivity index (χ0) is 17.6. The Morgan fingerprint density at radius 2 is 1.72 bits per heavy atom. The fourth-order valence-electron chi connectivity index (χ4n) is 2.24. The van der Waals surface area contributed by atoms with Gasteiger partial charge in [0.15, 0.2) is 0 Å². The minimum absolute atomic E-state index is 0.265. The molecule has 0 amide bonds. The zero-order valence-electron chi connectivity index (χ0n) is 13.7.